The van der Waals surface area contributed by atoms with Crippen molar-refractivity contribution >= 4 is 22.8 Å². The van der Waals surface area contributed by atoms with Crippen molar-refractivity contribution in [3.05, 3.63) is 56.5 Å². The molecule has 1 aliphatic rings. The van der Waals surface area contributed by atoms with Gasteiger partial charge in [-0.05, 0) is 18.1 Å². The summed E-state index contributed by atoms with van der Waals surface area (Å²) >= 11 is 0. The number of imidazole rings is 1. The van der Waals surface area contributed by atoms with Crippen LogP contribution in [0.3, 0.4) is 0 Å². The summed E-state index contributed by atoms with van der Waals surface area (Å²) in [6.45, 7) is -0.287. The molecule has 3 heterocycles. The van der Waals surface area contributed by atoms with Crippen molar-refractivity contribution in [2.24, 2.45) is 14.1 Å². The van der Waals surface area contributed by atoms with E-state index in [0.29, 0.717) is 12.0 Å². The highest BCUT2D eigenvalue weighted by Crippen LogP contribution is 2.30. The van der Waals surface area contributed by atoms with E-state index in [1.165, 1.54) is 27.4 Å². The molecule has 0 spiro atoms. The molecule has 10 heteroatoms. The largest absolute Gasteiger partial charge is 0.332 e. The topological polar surface area (TPSA) is 82.1 Å². The van der Waals surface area contributed by atoms with Crippen molar-refractivity contribution in [1.29, 1.82) is 0 Å². The lowest BCUT2D eigenvalue weighted by Gasteiger charge is -2.18. The quantitative estimate of drug-likeness (QED) is 0.645. The molecular formula is C17H15F2N5O3. The summed E-state index contributed by atoms with van der Waals surface area (Å²) in [4.78, 5) is 43.2. The fraction of sp³-hybridized carbons (Fsp3) is 0.294. The molecule has 0 saturated carbocycles. The second-order valence-electron chi connectivity index (χ2n) is 6.45. The van der Waals surface area contributed by atoms with Crippen molar-refractivity contribution in [2.75, 3.05) is 11.4 Å². The van der Waals surface area contributed by atoms with Crippen molar-refractivity contribution < 1.29 is 13.6 Å². The van der Waals surface area contributed by atoms with E-state index in [0.717, 1.165) is 16.7 Å². The van der Waals surface area contributed by atoms with Gasteiger partial charge in [0.2, 0.25) is 5.91 Å². The van der Waals surface area contributed by atoms with Crippen molar-refractivity contribution in [1.82, 2.24) is 18.7 Å². The number of halogens is 2. The molecule has 0 unspecified atom stereocenters. The van der Waals surface area contributed by atoms with E-state index < -0.39 is 35.3 Å². The monoisotopic (exact) mass is 375 g/mol. The third kappa shape index (κ3) is 2.47. The molecule has 0 aliphatic carbocycles. The Balaban J connectivity index is 1.76. The number of fused-ring (bicyclic) bond motifs is 2. The Kier molecular flexibility index (Phi) is 3.72. The minimum Gasteiger partial charge on any atom is -0.328 e. The van der Waals surface area contributed by atoms with Crippen LogP contribution in [0.5, 0.6) is 0 Å². The van der Waals surface area contributed by atoms with Gasteiger partial charge in [0, 0.05) is 26.7 Å². The zero-order valence-electron chi connectivity index (χ0n) is 14.6. The van der Waals surface area contributed by atoms with Gasteiger partial charge in [0.25, 0.3) is 5.56 Å². The number of rotatable bonds is 2. The predicted octanol–water partition coefficient (Wildman–Crippen LogP) is 0.301. The van der Waals surface area contributed by atoms with Crippen LogP contribution >= 0.6 is 0 Å². The second kappa shape index (κ2) is 5.86. The molecule has 2 aromatic heterocycles. The van der Waals surface area contributed by atoms with Gasteiger partial charge < -0.3 is 9.47 Å². The number of aromatic nitrogens is 4. The van der Waals surface area contributed by atoms with Gasteiger partial charge in [-0.3, -0.25) is 14.2 Å². The number of carbonyl (C=O) groups is 1. The number of anilines is 1. The van der Waals surface area contributed by atoms with Crippen LogP contribution in [0.15, 0.2) is 28.0 Å². The van der Waals surface area contributed by atoms with E-state index in [4.69, 9.17) is 0 Å². The molecule has 4 rings (SSSR count). The zero-order valence-corrected chi connectivity index (χ0v) is 14.6. The van der Waals surface area contributed by atoms with Gasteiger partial charge >= 0.3 is 5.69 Å². The Labute approximate surface area is 150 Å². The number of amides is 1. The first-order valence-electron chi connectivity index (χ1n) is 8.18. The number of aryl methyl sites for hydroxylation is 2. The van der Waals surface area contributed by atoms with Crippen molar-refractivity contribution in [2.45, 2.75) is 13.0 Å². The summed E-state index contributed by atoms with van der Waals surface area (Å²) in [5.74, 6) is -2.59. The maximum atomic E-state index is 13.6. The third-order valence-corrected chi connectivity index (χ3v) is 4.81. The molecule has 1 amide bonds. The highest BCUT2D eigenvalue weighted by atomic mass is 19.2. The summed E-state index contributed by atoms with van der Waals surface area (Å²) in [7, 11) is 3.07. The highest BCUT2D eigenvalue weighted by Gasteiger charge is 2.28. The normalized spacial score (nSPS) is 13.4. The van der Waals surface area contributed by atoms with Crippen LogP contribution < -0.4 is 16.1 Å². The zero-order chi connectivity index (χ0) is 19.5. The molecule has 3 aromatic rings. The minimum atomic E-state index is -1.06. The van der Waals surface area contributed by atoms with Gasteiger partial charge in [0.1, 0.15) is 6.54 Å². The lowest BCUT2D eigenvalue weighted by molar-refractivity contribution is -0.119. The second-order valence-corrected chi connectivity index (χ2v) is 6.45. The maximum Gasteiger partial charge on any atom is 0.332 e. The van der Waals surface area contributed by atoms with Crippen LogP contribution in [0, 0.1) is 11.6 Å². The lowest BCUT2D eigenvalue weighted by Crippen LogP contribution is -2.44. The van der Waals surface area contributed by atoms with E-state index >= 15 is 0 Å². The molecule has 0 N–H and O–H groups in total. The van der Waals surface area contributed by atoms with E-state index in [2.05, 4.69) is 4.98 Å². The molecule has 0 saturated heterocycles. The molecule has 0 bridgehead atoms. The van der Waals surface area contributed by atoms with Gasteiger partial charge in [-0.1, -0.05) is 0 Å². The van der Waals surface area contributed by atoms with Gasteiger partial charge in [0.15, 0.2) is 22.8 Å². The summed E-state index contributed by atoms with van der Waals surface area (Å²) in [5.41, 5.74) is -0.134. The van der Waals surface area contributed by atoms with Crippen molar-refractivity contribution in [3.63, 3.8) is 0 Å². The SMILES string of the molecule is Cn1cnc2c1c(=O)n(CC(=O)N1CCc3cc(F)c(F)cc31)c(=O)n2C. The van der Waals surface area contributed by atoms with E-state index in [9.17, 15) is 23.2 Å². The molecule has 1 aliphatic heterocycles. The molecular weight excluding hydrogens is 360 g/mol. The Bertz CT molecular complexity index is 1220. The number of nitrogens with zero attached hydrogens (tertiary/aromatic N) is 5. The van der Waals surface area contributed by atoms with Gasteiger partial charge in [-0.25, -0.2) is 23.1 Å². The lowest BCUT2D eigenvalue weighted by atomic mass is 10.1. The van der Waals surface area contributed by atoms with Crippen LogP contribution in [-0.4, -0.2) is 31.1 Å². The van der Waals surface area contributed by atoms with Gasteiger partial charge in [-0.2, -0.15) is 0 Å². The summed E-state index contributed by atoms with van der Waals surface area (Å²) in [6.07, 6.45) is 1.78. The first kappa shape index (κ1) is 17.1. The van der Waals surface area contributed by atoms with E-state index in [-0.39, 0.29) is 23.4 Å². The fourth-order valence-electron chi connectivity index (χ4n) is 3.40. The van der Waals surface area contributed by atoms with Crippen LogP contribution in [0.25, 0.3) is 11.2 Å². The van der Waals surface area contributed by atoms with Crippen LogP contribution in [0.4, 0.5) is 14.5 Å². The maximum absolute atomic E-state index is 13.6. The van der Waals surface area contributed by atoms with Crippen LogP contribution in [-0.2, 0) is 31.9 Å². The summed E-state index contributed by atoms with van der Waals surface area (Å²) in [6, 6.07) is 2.02. The summed E-state index contributed by atoms with van der Waals surface area (Å²) < 4.78 is 30.4. The summed E-state index contributed by atoms with van der Waals surface area (Å²) in [5, 5.41) is 0. The average Bonchev–Trinajstić information content (AvgIpc) is 3.21. The number of hydrogen-bond donors (Lipinski definition) is 0. The first-order valence-corrected chi connectivity index (χ1v) is 8.18. The Morgan fingerprint density at radius 1 is 1.19 bits per heavy atom. The Hall–Kier alpha value is -3.30. The smallest absolute Gasteiger partial charge is 0.328 e. The Morgan fingerprint density at radius 2 is 1.89 bits per heavy atom. The van der Waals surface area contributed by atoms with Crippen LogP contribution in [0.1, 0.15) is 5.56 Å². The third-order valence-electron chi connectivity index (χ3n) is 4.81. The molecule has 1 aromatic carbocycles. The van der Waals surface area contributed by atoms with E-state index in [1.54, 1.807) is 7.05 Å². The minimum absolute atomic E-state index is 0.194. The van der Waals surface area contributed by atoms with E-state index in [1.807, 2.05) is 0 Å². The van der Waals surface area contributed by atoms with Crippen LogP contribution in [0.2, 0.25) is 0 Å². The molecule has 0 radical (unpaired) electrons. The molecule has 0 atom stereocenters. The fourth-order valence-corrected chi connectivity index (χ4v) is 3.40. The Morgan fingerprint density at radius 3 is 2.63 bits per heavy atom. The highest BCUT2D eigenvalue weighted by molar-refractivity contribution is 5.95. The standard InChI is InChI=1S/C17H15F2N5O3/c1-21-8-20-15-14(21)16(26)24(17(27)22(15)2)7-13(25)23-4-3-9-5-10(18)11(19)6-12(9)23/h5-6,8H,3-4,7H2,1-2H3. The van der Waals surface area contributed by atoms with Gasteiger partial charge in [-0.15, -0.1) is 0 Å². The molecule has 0 fully saturated rings. The van der Waals surface area contributed by atoms with Crippen molar-refractivity contribution in [3.8, 4) is 0 Å². The number of carbonyl (C=O) groups excluding carboxylic acids is 1. The number of hydrogen-bond acceptors (Lipinski definition) is 4. The first-order chi connectivity index (χ1) is 12.8. The average molecular weight is 375 g/mol. The predicted molar refractivity (Wildman–Crippen MR) is 92.6 cm³/mol. The molecule has 140 valence electrons. The number of benzene rings is 1. The molecule has 8 nitrogen and oxygen atoms in total. The molecule has 27 heavy (non-hydrogen) atoms. The van der Waals surface area contributed by atoms with Gasteiger partial charge in [0.05, 0.1) is 12.0 Å².